The molecule has 1 atom stereocenters. The summed E-state index contributed by atoms with van der Waals surface area (Å²) in [4.78, 5) is 11.5. The van der Waals surface area contributed by atoms with E-state index >= 15 is 0 Å². The molecule has 0 spiro atoms. The van der Waals surface area contributed by atoms with Gasteiger partial charge in [-0.3, -0.25) is 0 Å². The Kier molecular flexibility index (Phi) is 6.29. The van der Waals surface area contributed by atoms with Crippen LogP contribution < -0.4 is 10.6 Å². The Morgan fingerprint density at radius 2 is 2.16 bits per heavy atom. The highest BCUT2D eigenvalue weighted by Gasteiger charge is 2.05. The molecule has 0 aromatic heterocycles. The Hall–Kier alpha value is -1.62. The van der Waals surface area contributed by atoms with Crippen molar-refractivity contribution in [1.29, 1.82) is 0 Å². The molecule has 0 aliphatic rings. The normalized spacial score (nSPS) is 12.0. The van der Waals surface area contributed by atoms with Gasteiger partial charge in [-0.15, -0.1) is 0 Å². The fraction of sp³-hybridized carbons (Fsp3) is 0.500. The quantitative estimate of drug-likeness (QED) is 0.738. The van der Waals surface area contributed by atoms with Crippen LogP contribution in [0.2, 0.25) is 0 Å². The van der Waals surface area contributed by atoms with Crippen LogP contribution in [0, 0.1) is 18.7 Å². The average molecular weight is 268 g/mol. The van der Waals surface area contributed by atoms with Gasteiger partial charge in [0.2, 0.25) is 0 Å². The summed E-state index contributed by atoms with van der Waals surface area (Å²) in [5.41, 5.74) is 1.42. The van der Waals surface area contributed by atoms with Crippen LogP contribution in [-0.2, 0) is 6.54 Å². The maximum absolute atomic E-state index is 13.1. The van der Waals surface area contributed by atoms with Crippen molar-refractivity contribution in [3.05, 3.63) is 35.1 Å². The number of aryl methyl sites for hydroxylation is 1. The van der Waals surface area contributed by atoms with Crippen LogP contribution in [-0.4, -0.2) is 24.3 Å². The topological polar surface area (TPSA) is 61.4 Å². The monoisotopic (exact) mass is 268 g/mol. The lowest BCUT2D eigenvalue weighted by atomic mass is 10.1. The minimum atomic E-state index is -0.258. The van der Waals surface area contributed by atoms with Gasteiger partial charge in [0, 0.05) is 19.7 Å². The number of aliphatic hydroxyl groups excluding tert-OH is 1. The second-order valence-electron chi connectivity index (χ2n) is 4.76. The maximum atomic E-state index is 13.1. The van der Waals surface area contributed by atoms with E-state index in [1.165, 1.54) is 6.07 Å². The van der Waals surface area contributed by atoms with Crippen molar-refractivity contribution in [2.75, 3.05) is 13.2 Å². The number of halogens is 1. The van der Waals surface area contributed by atoms with Crippen LogP contribution in [0.1, 0.15) is 24.5 Å². The number of aliphatic hydroxyl groups is 1. The van der Waals surface area contributed by atoms with E-state index in [9.17, 15) is 9.18 Å². The van der Waals surface area contributed by atoms with E-state index in [4.69, 9.17) is 5.11 Å². The Morgan fingerprint density at radius 3 is 2.79 bits per heavy atom. The summed E-state index contributed by atoms with van der Waals surface area (Å²) in [6, 6.07) is 4.50. The first kappa shape index (κ1) is 15.4. The van der Waals surface area contributed by atoms with Gasteiger partial charge in [0.15, 0.2) is 0 Å². The number of amides is 2. The Bertz CT molecular complexity index is 424. The summed E-state index contributed by atoms with van der Waals surface area (Å²) < 4.78 is 13.1. The number of nitrogens with one attached hydrogen (secondary N) is 2. The van der Waals surface area contributed by atoms with E-state index in [2.05, 4.69) is 10.6 Å². The number of hydrogen-bond donors (Lipinski definition) is 3. The van der Waals surface area contributed by atoms with Crippen molar-refractivity contribution >= 4 is 6.03 Å². The van der Waals surface area contributed by atoms with Gasteiger partial charge >= 0.3 is 6.03 Å². The molecule has 106 valence electrons. The number of urea groups is 1. The SMILES string of the molecule is Cc1cc(CNC(=O)NCC(C)CCO)ccc1F. The molecule has 19 heavy (non-hydrogen) atoms. The fourth-order valence-electron chi connectivity index (χ4n) is 1.65. The zero-order chi connectivity index (χ0) is 14.3. The third-order valence-electron chi connectivity index (χ3n) is 2.91. The molecule has 0 aliphatic carbocycles. The van der Waals surface area contributed by atoms with Crippen molar-refractivity contribution in [1.82, 2.24) is 10.6 Å². The molecule has 2 amide bonds. The van der Waals surface area contributed by atoms with Crippen LogP contribution in [0.4, 0.5) is 9.18 Å². The van der Waals surface area contributed by atoms with E-state index in [-0.39, 0.29) is 24.4 Å². The first-order valence-corrected chi connectivity index (χ1v) is 6.40. The van der Waals surface area contributed by atoms with Crippen LogP contribution in [0.5, 0.6) is 0 Å². The highest BCUT2D eigenvalue weighted by Crippen LogP contribution is 2.08. The van der Waals surface area contributed by atoms with Crippen molar-refractivity contribution < 1.29 is 14.3 Å². The van der Waals surface area contributed by atoms with E-state index in [0.717, 1.165) is 5.56 Å². The summed E-state index contributed by atoms with van der Waals surface area (Å²) in [6.07, 6.45) is 0.664. The second-order valence-corrected chi connectivity index (χ2v) is 4.76. The average Bonchev–Trinajstić information content (AvgIpc) is 2.38. The van der Waals surface area contributed by atoms with Gasteiger partial charge in [-0.25, -0.2) is 9.18 Å². The summed E-state index contributed by atoms with van der Waals surface area (Å²) in [5, 5.41) is 14.2. The van der Waals surface area contributed by atoms with Crippen LogP contribution in [0.25, 0.3) is 0 Å². The van der Waals surface area contributed by atoms with E-state index in [0.29, 0.717) is 25.1 Å². The van der Waals surface area contributed by atoms with E-state index in [1.54, 1.807) is 19.1 Å². The molecule has 1 rings (SSSR count). The molecule has 0 heterocycles. The Morgan fingerprint density at radius 1 is 1.42 bits per heavy atom. The molecule has 0 saturated carbocycles. The zero-order valence-corrected chi connectivity index (χ0v) is 11.4. The Balaban J connectivity index is 2.31. The van der Waals surface area contributed by atoms with E-state index < -0.39 is 0 Å². The molecule has 5 heteroatoms. The summed E-state index contributed by atoms with van der Waals surface area (Å²) in [6.45, 7) is 4.66. The van der Waals surface area contributed by atoms with Crippen molar-refractivity contribution in [3.63, 3.8) is 0 Å². The molecule has 1 unspecified atom stereocenters. The maximum Gasteiger partial charge on any atom is 0.315 e. The smallest absolute Gasteiger partial charge is 0.315 e. The minimum absolute atomic E-state index is 0.124. The summed E-state index contributed by atoms with van der Waals surface area (Å²) in [5.74, 6) is -0.00477. The van der Waals surface area contributed by atoms with Crippen LogP contribution >= 0.6 is 0 Å². The fourth-order valence-corrected chi connectivity index (χ4v) is 1.65. The second kappa shape index (κ2) is 7.74. The van der Waals surface area contributed by atoms with Gasteiger partial charge in [-0.05, 0) is 36.5 Å². The standard InChI is InChI=1S/C14H21FN2O2/c1-10(5-6-18)8-16-14(19)17-9-12-3-4-13(15)11(2)7-12/h3-4,7,10,18H,5-6,8-9H2,1-2H3,(H2,16,17,19). The lowest BCUT2D eigenvalue weighted by Gasteiger charge is -2.12. The molecule has 0 radical (unpaired) electrons. The number of hydrogen-bond acceptors (Lipinski definition) is 2. The van der Waals surface area contributed by atoms with Gasteiger partial charge in [0.05, 0.1) is 0 Å². The van der Waals surface area contributed by atoms with Gasteiger partial charge in [0.25, 0.3) is 0 Å². The molecular weight excluding hydrogens is 247 g/mol. The molecule has 4 nitrogen and oxygen atoms in total. The number of rotatable bonds is 6. The predicted molar refractivity (Wildman–Crippen MR) is 72.2 cm³/mol. The molecule has 1 aromatic rings. The van der Waals surface area contributed by atoms with Crippen molar-refractivity contribution in [2.45, 2.75) is 26.8 Å². The highest BCUT2D eigenvalue weighted by molar-refractivity contribution is 5.73. The number of carbonyl (C=O) groups excluding carboxylic acids is 1. The zero-order valence-electron chi connectivity index (χ0n) is 11.4. The summed E-state index contributed by atoms with van der Waals surface area (Å²) in [7, 11) is 0. The number of carbonyl (C=O) groups is 1. The van der Waals surface area contributed by atoms with Crippen LogP contribution in [0.15, 0.2) is 18.2 Å². The first-order chi connectivity index (χ1) is 9.02. The number of benzene rings is 1. The highest BCUT2D eigenvalue weighted by atomic mass is 19.1. The lowest BCUT2D eigenvalue weighted by Crippen LogP contribution is -2.37. The van der Waals surface area contributed by atoms with Crippen molar-refractivity contribution in [2.24, 2.45) is 5.92 Å². The van der Waals surface area contributed by atoms with Gasteiger partial charge in [0.1, 0.15) is 5.82 Å². The van der Waals surface area contributed by atoms with E-state index in [1.807, 2.05) is 6.92 Å². The molecule has 1 aromatic carbocycles. The van der Waals surface area contributed by atoms with Crippen molar-refractivity contribution in [3.8, 4) is 0 Å². The first-order valence-electron chi connectivity index (χ1n) is 6.40. The lowest BCUT2D eigenvalue weighted by molar-refractivity contribution is 0.233. The molecule has 0 bridgehead atoms. The molecule has 0 fully saturated rings. The third-order valence-corrected chi connectivity index (χ3v) is 2.91. The van der Waals surface area contributed by atoms with Gasteiger partial charge < -0.3 is 15.7 Å². The Labute approximate surface area is 113 Å². The third kappa shape index (κ3) is 5.70. The van der Waals surface area contributed by atoms with Crippen LogP contribution in [0.3, 0.4) is 0 Å². The molecule has 3 N–H and O–H groups in total. The van der Waals surface area contributed by atoms with Gasteiger partial charge in [-0.2, -0.15) is 0 Å². The van der Waals surface area contributed by atoms with Gasteiger partial charge in [-0.1, -0.05) is 19.1 Å². The largest absolute Gasteiger partial charge is 0.396 e. The predicted octanol–water partition coefficient (Wildman–Crippen LogP) is 1.95. The molecular formula is C14H21FN2O2. The minimum Gasteiger partial charge on any atom is -0.396 e. The summed E-state index contributed by atoms with van der Waals surface area (Å²) >= 11 is 0. The molecule has 0 aliphatic heterocycles. The molecule has 0 saturated heterocycles.